The highest BCUT2D eigenvalue weighted by Crippen LogP contribution is 2.21. The van der Waals surface area contributed by atoms with Gasteiger partial charge in [0.1, 0.15) is 5.75 Å². The van der Waals surface area contributed by atoms with E-state index in [0.717, 1.165) is 5.56 Å². The number of ether oxygens (including phenoxy) is 1. The second-order valence-electron chi connectivity index (χ2n) is 3.49. The first-order chi connectivity index (χ1) is 7.42. The fourth-order valence-electron chi connectivity index (χ4n) is 1.21. The van der Waals surface area contributed by atoms with Crippen molar-refractivity contribution in [2.45, 2.75) is 19.1 Å². The van der Waals surface area contributed by atoms with Gasteiger partial charge in [-0.2, -0.15) is 13.2 Å². The standard InChI is InChI=1S/C11H14F3NO/c1-8(15-2)9-4-3-5-10(6-9)16-7-11(12,13)14/h3-6,8,15H,7H2,1-2H3. The molecule has 0 saturated heterocycles. The lowest BCUT2D eigenvalue weighted by Gasteiger charge is -2.13. The Bertz CT molecular complexity index is 338. The normalized spacial score (nSPS) is 13.6. The zero-order chi connectivity index (χ0) is 12.2. The van der Waals surface area contributed by atoms with Crippen molar-refractivity contribution in [3.05, 3.63) is 29.8 Å². The molecule has 0 bridgehead atoms. The minimum Gasteiger partial charge on any atom is -0.484 e. The van der Waals surface area contributed by atoms with Crippen molar-refractivity contribution in [3.63, 3.8) is 0 Å². The van der Waals surface area contributed by atoms with Gasteiger partial charge in [0.25, 0.3) is 0 Å². The van der Waals surface area contributed by atoms with E-state index in [1.54, 1.807) is 19.2 Å². The molecular formula is C11H14F3NO. The van der Waals surface area contributed by atoms with Crippen molar-refractivity contribution >= 4 is 0 Å². The van der Waals surface area contributed by atoms with Crippen LogP contribution >= 0.6 is 0 Å². The van der Waals surface area contributed by atoms with E-state index in [1.165, 1.54) is 6.07 Å². The predicted octanol–water partition coefficient (Wildman–Crippen LogP) is 2.91. The van der Waals surface area contributed by atoms with Gasteiger partial charge in [-0.3, -0.25) is 0 Å². The smallest absolute Gasteiger partial charge is 0.422 e. The molecule has 90 valence electrons. The zero-order valence-electron chi connectivity index (χ0n) is 9.14. The SMILES string of the molecule is CNC(C)c1cccc(OCC(F)(F)F)c1. The third-order valence-corrected chi connectivity index (χ3v) is 2.19. The van der Waals surface area contributed by atoms with Gasteiger partial charge in [-0.05, 0) is 31.7 Å². The molecule has 1 rings (SSSR count). The molecule has 0 aromatic heterocycles. The van der Waals surface area contributed by atoms with Crippen molar-refractivity contribution in [2.75, 3.05) is 13.7 Å². The molecule has 1 unspecified atom stereocenters. The molecule has 1 aromatic rings. The summed E-state index contributed by atoms with van der Waals surface area (Å²) in [5.41, 5.74) is 0.891. The van der Waals surface area contributed by atoms with Crippen LogP contribution in [0.4, 0.5) is 13.2 Å². The lowest BCUT2D eigenvalue weighted by Crippen LogP contribution is -2.19. The first kappa shape index (κ1) is 12.8. The van der Waals surface area contributed by atoms with E-state index in [4.69, 9.17) is 0 Å². The van der Waals surface area contributed by atoms with Gasteiger partial charge in [0.15, 0.2) is 6.61 Å². The minimum absolute atomic E-state index is 0.0782. The number of nitrogens with one attached hydrogen (secondary N) is 1. The molecule has 0 heterocycles. The average Bonchev–Trinajstić information content (AvgIpc) is 2.25. The van der Waals surface area contributed by atoms with Gasteiger partial charge in [0, 0.05) is 6.04 Å². The van der Waals surface area contributed by atoms with Crippen LogP contribution in [0.2, 0.25) is 0 Å². The van der Waals surface area contributed by atoms with E-state index in [1.807, 2.05) is 13.0 Å². The number of hydrogen-bond donors (Lipinski definition) is 1. The number of hydrogen-bond acceptors (Lipinski definition) is 2. The number of benzene rings is 1. The van der Waals surface area contributed by atoms with E-state index in [-0.39, 0.29) is 11.8 Å². The summed E-state index contributed by atoms with van der Waals surface area (Å²) in [7, 11) is 1.79. The average molecular weight is 233 g/mol. The molecule has 16 heavy (non-hydrogen) atoms. The van der Waals surface area contributed by atoms with Gasteiger partial charge < -0.3 is 10.1 Å². The van der Waals surface area contributed by atoms with Crippen LogP contribution < -0.4 is 10.1 Å². The molecule has 0 spiro atoms. The molecule has 1 N–H and O–H groups in total. The van der Waals surface area contributed by atoms with Gasteiger partial charge in [0.2, 0.25) is 0 Å². The summed E-state index contributed by atoms with van der Waals surface area (Å²) in [6, 6.07) is 6.70. The number of rotatable bonds is 4. The molecule has 0 amide bonds. The van der Waals surface area contributed by atoms with Crippen LogP contribution in [0, 0.1) is 0 Å². The van der Waals surface area contributed by atoms with E-state index in [0.29, 0.717) is 0 Å². The fraction of sp³-hybridized carbons (Fsp3) is 0.455. The molecule has 1 aromatic carbocycles. The molecule has 0 aliphatic heterocycles. The predicted molar refractivity (Wildman–Crippen MR) is 55.5 cm³/mol. The van der Waals surface area contributed by atoms with Crippen molar-refractivity contribution < 1.29 is 17.9 Å². The zero-order valence-corrected chi connectivity index (χ0v) is 9.14. The lowest BCUT2D eigenvalue weighted by molar-refractivity contribution is -0.153. The van der Waals surface area contributed by atoms with Crippen LogP contribution in [0.25, 0.3) is 0 Å². The topological polar surface area (TPSA) is 21.3 Å². The second-order valence-corrected chi connectivity index (χ2v) is 3.49. The third kappa shape index (κ3) is 4.10. The highest BCUT2D eigenvalue weighted by Gasteiger charge is 2.28. The van der Waals surface area contributed by atoms with E-state index >= 15 is 0 Å². The molecular weight excluding hydrogens is 219 g/mol. The number of halogens is 3. The van der Waals surface area contributed by atoms with Gasteiger partial charge in [-0.25, -0.2) is 0 Å². The van der Waals surface area contributed by atoms with Crippen molar-refractivity contribution in [1.82, 2.24) is 5.32 Å². The van der Waals surface area contributed by atoms with Crippen LogP contribution in [0.5, 0.6) is 5.75 Å². The Balaban J connectivity index is 2.68. The highest BCUT2D eigenvalue weighted by molar-refractivity contribution is 5.30. The number of alkyl halides is 3. The molecule has 2 nitrogen and oxygen atoms in total. The Labute approximate surface area is 92.4 Å². The van der Waals surface area contributed by atoms with Crippen LogP contribution in [0.1, 0.15) is 18.5 Å². The Kier molecular flexibility index (Phi) is 4.18. The van der Waals surface area contributed by atoms with Crippen molar-refractivity contribution in [1.29, 1.82) is 0 Å². The van der Waals surface area contributed by atoms with E-state index < -0.39 is 12.8 Å². The summed E-state index contributed by atoms with van der Waals surface area (Å²) in [5.74, 6) is 0.233. The summed E-state index contributed by atoms with van der Waals surface area (Å²) in [4.78, 5) is 0. The maximum absolute atomic E-state index is 11.9. The summed E-state index contributed by atoms with van der Waals surface area (Å²) < 4.78 is 40.4. The maximum Gasteiger partial charge on any atom is 0.422 e. The summed E-state index contributed by atoms with van der Waals surface area (Å²) in [5, 5.41) is 3.00. The quantitative estimate of drug-likeness (QED) is 0.863. The Hall–Kier alpha value is -1.23. The van der Waals surface area contributed by atoms with Gasteiger partial charge in [0.05, 0.1) is 0 Å². The van der Waals surface area contributed by atoms with Gasteiger partial charge >= 0.3 is 6.18 Å². The van der Waals surface area contributed by atoms with Crippen LogP contribution in [-0.4, -0.2) is 19.8 Å². The third-order valence-electron chi connectivity index (χ3n) is 2.19. The molecule has 0 aliphatic rings. The van der Waals surface area contributed by atoms with Crippen LogP contribution in [-0.2, 0) is 0 Å². The largest absolute Gasteiger partial charge is 0.484 e. The Morgan fingerprint density at radius 3 is 2.62 bits per heavy atom. The molecule has 0 saturated carbocycles. The van der Waals surface area contributed by atoms with E-state index in [2.05, 4.69) is 10.1 Å². The molecule has 5 heteroatoms. The monoisotopic (exact) mass is 233 g/mol. The van der Waals surface area contributed by atoms with Crippen molar-refractivity contribution in [2.24, 2.45) is 0 Å². The van der Waals surface area contributed by atoms with Crippen molar-refractivity contribution in [3.8, 4) is 5.75 Å². The van der Waals surface area contributed by atoms with Gasteiger partial charge in [-0.1, -0.05) is 12.1 Å². The first-order valence-electron chi connectivity index (χ1n) is 4.89. The summed E-state index contributed by atoms with van der Waals surface area (Å²) >= 11 is 0. The molecule has 0 fully saturated rings. The van der Waals surface area contributed by atoms with Crippen LogP contribution in [0.15, 0.2) is 24.3 Å². The maximum atomic E-state index is 11.9. The first-order valence-corrected chi connectivity index (χ1v) is 4.89. The minimum atomic E-state index is -4.30. The lowest BCUT2D eigenvalue weighted by atomic mass is 10.1. The molecule has 0 radical (unpaired) electrons. The van der Waals surface area contributed by atoms with Crippen LogP contribution in [0.3, 0.4) is 0 Å². The van der Waals surface area contributed by atoms with E-state index in [9.17, 15) is 13.2 Å². The summed E-state index contributed by atoms with van der Waals surface area (Å²) in [6.07, 6.45) is -4.30. The Morgan fingerprint density at radius 2 is 2.06 bits per heavy atom. The second kappa shape index (κ2) is 5.21. The van der Waals surface area contributed by atoms with Gasteiger partial charge in [-0.15, -0.1) is 0 Å². The Morgan fingerprint density at radius 1 is 1.38 bits per heavy atom. The molecule has 1 atom stereocenters. The fourth-order valence-corrected chi connectivity index (χ4v) is 1.21. The highest BCUT2D eigenvalue weighted by atomic mass is 19.4. The summed E-state index contributed by atoms with van der Waals surface area (Å²) in [6.45, 7) is 0.660. The molecule has 0 aliphatic carbocycles.